The zero-order valence-corrected chi connectivity index (χ0v) is 12.4. The van der Waals surface area contributed by atoms with Gasteiger partial charge in [-0.25, -0.2) is 13.1 Å². The van der Waals surface area contributed by atoms with Crippen LogP contribution in [0.2, 0.25) is 0 Å². The van der Waals surface area contributed by atoms with Gasteiger partial charge in [0.2, 0.25) is 10.0 Å². The van der Waals surface area contributed by atoms with Gasteiger partial charge in [0.1, 0.15) is 0 Å². The van der Waals surface area contributed by atoms with Gasteiger partial charge in [0.25, 0.3) is 0 Å². The van der Waals surface area contributed by atoms with Crippen LogP contribution in [0.3, 0.4) is 0 Å². The molecule has 0 radical (unpaired) electrons. The van der Waals surface area contributed by atoms with E-state index < -0.39 is 10.0 Å². The maximum atomic E-state index is 11.7. The Morgan fingerprint density at radius 3 is 2.41 bits per heavy atom. The number of alkyl halides is 1. The topological polar surface area (TPSA) is 46.2 Å². The molecule has 0 saturated heterocycles. The maximum Gasteiger partial charge on any atom is 0.211 e. The summed E-state index contributed by atoms with van der Waals surface area (Å²) < 4.78 is 26.2. The van der Waals surface area contributed by atoms with Crippen molar-refractivity contribution in [1.82, 2.24) is 4.72 Å². The van der Waals surface area contributed by atoms with Crippen molar-refractivity contribution >= 4 is 21.6 Å². The molecule has 17 heavy (non-hydrogen) atoms. The third kappa shape index (κ3) is 6.07. The number of hydrogen-bond acceptors (Lipinski definition) is 2. The highest BCUT2D eigenvalue weighted by Crippen LogP contribution is 2.27. The van der Waals surface area contributed by atoms with Crippen LogP contribution in [0.4, 0.5) is 0 Å². The quantitative estimate of drug-likeness (QED) is 0.761. The molecule has 0 spiro atoms. The zero-order chi connectivity index (χ0) is 12.9. The first-order valence-corrected chi connectivity index (χ1v) is 8.65. The van der Waals surface area contributed by atoms with E-state index in [-0.39, 0.29) is 11.7 Å². The van der Waals surface area contributed by atoms with Crippen LogP contribution in [0.25, 0.3) is 0 Å². The van der Waals surface area contributed by atoms with Crippen LogP contribution in [0.1, 0.15) is 39.5 Å². The molecule has 0 aromatic carbocycles. The second kappa shape index (κ2) is 6.95. The van der Waals surface area contributed by atoms with Gasteiger partial charge in [-0.2, -0.15) is 0 Å². The number of halogens is 1. The lowest BCUT2D eigenvalue weighted by atomic mass is 9.83. The Kier molecular flexibility index (Phi) is 6.24. The lowest BCUT2D eigenvalue weighted by molar-refractivity contribution is 0.290. The van der Waals surface area contributed by atoms with E-state index in [0.29, 0.717) is 18.3 Å². The molecule has 102 valence electrons. The van der Waals surface area contributed by atoms with Gasteiger partial charge in [0, 0.05) is 12.4 Å². The molecule has 0 aromatic rings. The first-order valence-electron chi connectivity index (χ1n) is 6.46. The van der Waals surface area contributed by atoms with Gasteiger partial charge in [-0.1, -0.05) is 26.7 Å². The number of hydrogen-bond donors (Lipinski definition) is 1. The van der Waals surface area contributed by atoms with Crippen molar-refractivity contribution in [2.24, 2.45) is 17.8 Å². The molecular weight excluding hydrogens is 258 g/mol. The Morgan fingerprint density at radius 2 is 1.88 bits per heavy atom. The number of sulfonamides is 1. The van der Waals surface area contributed by atoms with Gasteiger partial charge in [0.05, 0.1) is 5.75 Å². The van der Waals surface area contributed by atoms with Gasteiger partial charge >= 0.3 is 0 Å². The summed E-state index contributed by atoms with van der Waals surface area (Å²) in [6, 6.07) is 0. The van der Waals surface area contributed by atoms with E-state index in [2.05, 4.69) is 11.6 Å². The number of nitrogens with one attached hydrogen (secondary N) is 1. The lowest BCUT2D eigenvalue weighted by Crippen LogP contribution is -2.34. The average Bonchev–Trinajstić information content (AvgIpc) is 2.28. The molecule has 0 aliphatic heterocycles. The molecule has 0 heterocycles. The highest BCUT2D eigenvalue weighted by molar-refractivity contribution is 7.89. The van der Waals surface area contributed by atoms with Gasteiger partial charge in [-0.15, -0.1) is 11.6 Å². The minimum absolute atomic E-state index is 0.0144. The van der Waals surface area contributed by atoms with Gasteiger partial charge in [-0.3, -0.25) is 0 Å². The summed E-state index contributed by atoms with van der Waals surface area (Å²) in [7, 11) is -3.14. The fourth-order valence-corrected chi connectivity index (χ4v) is 3.97. The molecule has 1 N–H and O–H groups in total. The molecule has 1 saturated carbocycles. The Morgan fingerprint density at radius 1 is 1.29 bits per heavy atom. The van der Waals surface area contributed by atoms with Gasteiger partial charge < -0.3 is 0 Å². The highest BCUT2D eigenvalue weighted by Gasteiger charge is 2.21. The molecule has 1 aliphatic rings. The van der Waals surface area contributed by atoms with Crippen molar-refractivity contribution in [2.45, 2.75) is 39.5 Å². The van der Waals surface area contributed by atoms with Gasteiger partial charge in [-0.05, 0) is 30.6 Å². The molecule has 1 aliphatic carbocycles. The summed E-state index contributed by atoms with van der Waals surface area (Å²) in [5, 5.41) is 0. The zero-order valence-electron chi connectivity index (χ0n) is 10.8. The second-order valence-electron chi connectivity index (χ2n) is 5.52. The largest absolute Gasteiger partial charge is 0.215 e. The molecule has 1 fully saturated rings. The Bertz CT molecular complexity index is 310. The van der Waals surface area contributed by atoms with Crippen LogP contribution in [0, 0.1) is 17.8 Å². The van der Waals surface area contributed by atoms with Crippen LogP contribution >= 0.6 is 11.6 Å². The van der Waals surface area contributed by atoms with E-state index >= 15 is 0 Å². The maximum absolute atomic E-state index is 11.7. The molecule has 5 heteroatoms. The monoisotopic (exact) mass is 281 g/mol. The summed E-state index contributed by atoms with van der Waals surface area (Å²) in [6.45, 7) is 4.72. The summed E-state index contributed by atoms with van der Waals surface area (Å²) in [5.41, 5.74) is 0. The first-order chi connectivity index (χ1) is 7.93. The van der Waals surface area contributed by atoms with E-state index in [1.54, 1.807) is 0 Å². The van der Waals surface area contributed by atoms with Crippen LogP contribution in [0.5, 0.6) is 0 Å². The Labute approximate surface area is 110 Å². The number of rotatable bonds is 6. The van der Waals surface area contributed by atoms with Crippen molar-refractivity contribution in [3.05, 3.63) is 0 Å². The van der Waals surface area contributed by atoms with E-state index in [1.165, 1.54) is 12.8 Å². The van der Waals surface area contributed by atoms with E-state index in [4.69, 9.17) is 11.6 Å². The third-order valence-corrected chi connectivity index (χ3v) is 5.64. The SMILES string of the molecule is CC1CCC(CNS(=O)(=O)CC(C)CCl)CC1. The fourth-order valence-electron chi connectivity index (χ4n) is 2.26. The van der Waals surface area contributed by atoms with Crippen molar-refractivity contribution in [3.8, 4) is 0 Å². The normalized spacial score (nSPS) is 27.9. The molecular formula is C12H24ClNO2S. The van der Waals surface area contributed by atoms with Crippen molar-refractivity contribution < 1.29 is 8.42 Å². The minimum Gasteiger partial charge on any atom is -0.215 e. The molecule has 0 bridgehead atoms. The molecule has 1 atom stereocenters. The van der Waals surface area contributed by atoms with Crippen LogP contribution in [-0.2, 0) is 10.0 Å². The van der Waals surface area contributed by atoms with E-state index in [9.17, 15) is 8.42 Å². The summed E-state index contributed by atoms with van der Waals surface area (Å²) in [5.74, 6) is 1.87. The molecule has 0 amide bonds. The van der Waals surface area contributed by atoms with Crippen LogP contribution in [-0.4, -0.2) is 26.6 Å². The summed E-state index contributed by atoms with van der Waals surface area (Å²) >= 11 is 5.63. The van der Waals surface area contributed by atoms with Gasteiger partial charge in [0.15, 0.2) is 0 Å². The summed E-state index contributed by atoms with van der Waals surface area (Å²) in [4.78, 5) is 0. The molecule has 1 rings (SSSR count). The molecule has 0 aromatic heterocycles. The van der Waals surface area contributed by atoms with E-state index in [0.717, 1.165) is 18.8 Å². The second-order valence-corrected chi connectivity index (χ2v) is 7.68. The molecule has 3 nitrogen and oxygen atoms in total. The van der Waals surface area contributed by atoms with Crippen molar-refractivity contribution in [1.29, 1.82) is 0 Å². The Balaban J connectivity index is 2.29. The molecule has 1 unspecified atom stereocenters. The predicted octanol–water partition coefficient (Wildman–Crippen LogP) is 2.61. The summed E-state index contributed by atoms with van der Waals surface area (Å²) in [6.07, 6.45) is 4.75. The smallest absolute Gasteiger partial charge is 0.211 e. The third-order valence-electron chi connectivity index (χ3n) is 3.49. The minimum atomic E-state index is -3.14. The van der Waals surface area contributed by atoms with E-state index in [1.807, 2.05) is 6.92 Å². The fraction of sp³-hybridized carbons (Fsp3) is 1.00. The van der Waals surface area contributed by atoms with Crippen molar-refractivity contribution in [3.63, 3.8) is 0 Å². The first kappa shape index (κ1) is 15.3. The lowest BCUT2D eigenvalue weighted by Gasteiger charge is -2.26. The standard InChI is InChI=1S/C12H24ClNO2S/c1-10-3-5-12(6-4-10)8-14-17(15,16)9-11(2)7-13/h10-12,14H,3-9H2,1-2H3. The van der Waals surface area contributed by atoms with Crippen molar-refractivity contribution in [2.75, 3.05) is 18.2 Å². The van der Waals surface area contributed by atoms with Crippen LogP contribution in [0.15, 0.2) is 0 Å². The Hall–Kier alpha value is 0.200. The highest BCUT2D eigenvalue weighted by atomic mass is 35.5. The predicted molar refractivity (Wildman–Crippen MR) is 72.8 cm³/mol. The average molecular weight is 282 g/mol. The van der Waals surface area contributed by atoms with Crippen LogP contribution < -0.4 is 4.72 Å².